The molecule has 2 aromatic carbocycles. The Morgan fingerprint density at radius 2 is 1.68 bits per heavy atom. The van der Waals surface area contributed by atoms with Gasteiger partial charge in [0.15, 0.2) is 0 Å². The molecule has 5 heteroatoms. The lowest BCUT2D eigenvalue weighted by molar-refractivity contribution is -0.114. The highest BCUT2D eigenvalue weighted by atomic mass is 19.1. The molecule has 0 aromatic heterocycles. The van der Waals surface area contributed by atoms with Crippen LogP contribution in [-0.4, -0.2) is 11.8 Å². The van der Waals surface area contributed by atoms with E-state index in [1.807, 2.05) is 6.92 Å². The molecule has 0 unspecified atom stereocenters. The van der Waals surface area contributed by atoms with Crippen molar-refractivity contribution in [1.82, 2.24) is 0 Å². The van der Waals surface area contributed by atoms with Crippen LogP contribution in [-0.2, 0) is 4.79 Å². The van der Waals surface area contributed by atoms with Crippen molar-refractivity contribution in [2.75, 3.05) is 10.6 Å². The normalized spacial score (nSPS) is 10.2. The first kappa shape index (κ1) is 15.7. The molecule has 0 aliphatic rings. The topological polar surface area (TPSA) is 58.2 Å². The van der Waals surface area contributed by atoms with Crippen LogP contribution in [0.2, 0.25) is 0 Å². The maximum Gasteiger partial charge on any atom is 0.255 e. The lowest BCUT2D eigenvalue weighted by Gasteiger charge is -2.10. The van der Waals surface area contributed by atoms with Crippen LogP contribution in [0.1, 0.15) is 28.4 Å². The molecule has 114 valence electrons. The van der Waals surface area contributed by atoms with Crippen molar-refractivity contribution in [2.45, 2.75) is 20.8 Å². The summed E-state index contributed by atoms with van der Waals surface area (Å²) >= 11 is 0. The molecule has 0 aliphatic heterocycles. The molecule has 0 saturated heterocycles. The molecule has 4 nitrogen and oxygen atoms in total. The Balaban J connectivity index is 2.16. The number of carbonyl (C=O) groups excluding carboxylic acids is 2. The van der Waals surface area contributed by atoms with Crippen LogP contribution in [0, 0.1) is 19.7 Å². The number of halogens is 1. The van der Waals surface area contributed by atoms with Gasteiger partial charge in [-0.05, 0) is 55.3 Å². The number of amides is 2. The van der Waals surface area contributed by atoms with Crippen molar-refractivity contribution in [2.24, 2.45) is 0 Å². The summed E-state index contributed by atoms with van der Waals surface area (Å²) in [5.74, 6) is -0.953. The van der Waals surface area contributed by atoms with Gasteiger partial charge in [0.05, 0.1) is 0 Å². The Labute approximate surface area is 128 Å². The minimum absolute atomic E-state index is 0.157. The average Bonchev–Trinajstić information content (AvgIpc) is 2.44. The zero-order chi connectivity index (χ0) is 16.3. The fourth-order valence-electron chi connectivity index (χ4n) is 2.01. The van der Waals surface area contributed by atoms with Gasteiger partial charge >= 0.3 is 0 Å². The number of hydrogen-bond donors (Lipinski definition) is 2. The summed E-state index contributed by atoms with van der Waals surface area (Å²) in [6.07, 6.45) is 0. The first-order chi connectivity index (χ1) is 10.4. The van der Waals surface area contributed by atoms with Crippen molar-refractivity contribution in [1.29, 1.82) is 0 Å². The molecular formula is C17H17FN2O2. The van der Waals surface area contributed by atoms with E-state index in [9.17, 15) is 14.0 Å². The van der Waals surface area contributed by atoms with E-state index in [1.54, 1.807) is 37.3 Å². The Kier molecular flexibility index (Phi) is 4.56. The summed E-state index contributed by atoms with van der Waals surface area (Å²) in [6.45, 7) is 4.90. The number of hydrogen-bond acceptors (Lipinski definition) is 2. The van der Waals surface area contributed by atoms with Gasteiger partial charge in [-0.25, -0.2) is 4.39 Å². The Morgan fingerprint density at radius 1 is 0.955 bits per heavy atom. The van der Waals surface area contributed by atoms with Gasteiger partial charge in [-0.1, -0.05) is 6.07 Å². The quantitative estimate of drug-likeness (QED) is 0.909. The number of aryl methyl sites for hydroxylation is 2. The predicted molar refractivity (Wildman–Crippen MR) is 84.6 cm³/mol. The van der Waals surface area contributed by atoms with Crippen molar-refractivity contribution in [3.8, 4) is 0 Å². The molecule has 0 bridgehead atoms. The lowest BCUT2D eigenvalue weighted by atomic mass is 10.1. The van der Waals surface area contributed by atoms with Crippen LogP contribution >= 0.6 is 0 Å². The van der Waals surface area contributed by atoms with E-state index >= 15 is 0 Å². The van der Waals surface area contributed by atoms with E-state index in [-0.39, 0.29) is 17.4 Å². The van der Waals surface area contributed by atoms with E-state index in [0.29, 0.717) is 16.9 Å². The molecule has 0 atom stereocenters. The van der Waals surface area contributed by atoms with Crippen molar-refractivity contribution in [3.05, 3.63) is 58.9 Å². The number of rotatable bonds is 3. The number of nitrogens with one attached hydrogen (secondary N) is 2. The van der Waals surface area contributed by atoms with Crippen LogP contribution in [0.4, 0.5) is 15.8 Å². The third kappa shape index (κ3) is 3.69. The summed E-state index contributed by atoms with van der Waals surface area (Å²) in [7, 11) is 0. The highest BCUT2D eigenvalue weighted by molar-refractivity contribution is 6.04. The fraction of sp³-hybridized carbons (Fsp3) is 0.176. The molecule has 0 heterocycles. The first-order valence-corrected chi connectivity index (χ1v) is 6.82. The predicted octanol–water partition coefficient (Wildman–Crippen LogP) is 3.65. The van der Waals surface area contributed by atoms with Crippen molar-refractivity contribution >= 4 is 23.2 Å². The van der Waals surface area contributed by atoms with E-state index < -0.39 is 5.82 Å². The lowest BCUT2D eigenvalue weighted by Crippen LogP contribution is -2.13. The first-order valence-electron chi connectivity index (χ1n) is 6.82. The Morgan fingerprint density at radius 3 is 2.27 bits per heavy atom. The smallest absolute Gasteiger partial charge is 0.255 e. The molecule has 2 N–H and O–H groups in total. The molecule has 0 spiro atoms. The molecule has 0 aliphatic carbocycles. The average molecular weight is 300 g/mol. The number of carbonyl (C=O) groups is 2. The summed E-state index contributed by atoms with van der Waals surface area (Å²) < 4.78 is 13.5. The molecule has 2 amide bonds. The summed E-state index contributed by atoms with van der Waals surface area (Å²) in [6, 6.07) is 9.49. The van der Waals surface area contributed by atoms with Gasteiger partial charge in [0.25, 0.3) is 5.91 Å². The standard InChI is InChI=1S/C17H17FN2O2/c1-10-4-5-13(9-15(10)18)17(22)20-14-6-7-16(11(2)8-14)19-12(3)21/h4-9H,1-3H3,(H,19,21)(H,20,22). The van der Waals surface area contributed by atoms with Gasteiger partial charge in [-0.3, -0.25) is 9.59 Å². The van der Waals surface area contributed by atoms with Crippen LogP contribution in [0.5, 0.6) is 0 Å². The molecule has 0 fully saturated rings. The second kappa shape index (κ2) is 6.39. The van der Waals surface area contributed by atoms with Crippen LogP contribution in [0.15, 0.2) is 36.4 Å². The highest BCUT2D eigenvalue weighted by Gasteiger charge is 2.09. The van der Waals surface area contributed by atoms with E-state index in [4.69, 9.17) is 0 Å². The van der Waals surface area contributed by atoms with Crippen molar-refractivity contribution < 1.29 is 14.0 Å². The SMILES string of the molecule is CC(=O)Nc1ccc(NC(=O)c2ccc(C)c(F)c2)cc1C. The molecular weight excluding hydrogens is 283 g/mol. The van der Waals surface area contributed by atoms with Gasteiger partial charge in [-0.2, -0.15) is 0 Å². The monoisotopic (exact) mass is 300 g/mol. The maximum absolute atomic E-state index is 13.5. The Bertz CT molecular complexity index is 741. The molecule has 22 heavy (non-hydrogen) atoms. The second-order valence-electron chi connectivity index (χ2n) is 5.13. The Hall–Kier alpha value is -2.69. The molecule has 0 radical (unpaired) electrons. The zero-order valence-corrected chi connectivity index (χ0v) is 12.7. The van der Waals surface area contributed by atoms with Gasteiger partial charge in [0, 0.05) is 23.9 Å². The highest BCUT2D eigenvalue weighted by Crippen LogP contribution is 2.20. The van der Waals surface area contributed by atoms with E-state index in [1.165, 1.54) is 13.0 Å². The van der Waals surface area contributed by atoms with Gasteiger partial charge in [0.1, 0.15) is 5.82 Å². The zero-order valence-electron chi connectivity index (χ0n) is 12.7. The van der Waals surface area contributed by atoms with Gasteiger partial charge < -0.3 is 10.6 Å². The minimum Gasteiger partial charge on any atom is -0.326 e. The fourth-order valence-corrected chi connectivity index (χ4v) is 2.01. The van der Waals surface area contributed by atoms with Crippen molar-refractivity contribution in [3.63, 3.8) is 0 Å². The number of benzene rings is 2. The molecule has 2 rings (SSSR count). The van der Waals surface area contributed by atoms with Gasteiger partial charge in [0.2, 0.25) is 5.91 Å². The van der Waals surface area contributed by atoms with E-state index in [0.717, 1.165) is 5.56 Å². The molecule has 0 saturated carbocycles. The molecule has 2 aromatic rings. The van der Waals surface area contributed by atoms with Crippen LogP contribution in [0.3, 0.4) is 0 Å². The summed E-state index contributed by atoms with van der Waals surface area (Å²) in [4.78, 5) is 23.2. The summed E-state index contributed by atoms with van der Waals surface area (Å²) in [5, 5.41) is 5.41. The third-order valence-electron chi connectivity index (χ3n) is 3.23. The largest absolute Gasteiger partial charge is 0.326 e. The maximum atomic E-state index is 13.5. The second-order valence-corrected chi connectivity index (χ2v) is 5.13. The van der Waals surface area contributed by atoms with Gasteiger partial charge in [-0.15, -0.1) is 0 Å². The summed E-state index contributed by atoms with van der Waals surface area (Å²) in [5.41, 5.74) is 2.84. The number of anilines is 2. The minimum atomic E-state index is -0.412. The van der Waals surface area contributed by atoms with Crippen LogP contribution in [0.25, 0.3) is 0 Å². The third-order valence-corrected chi connectivity index (χ3v) is 3.23. The van der Waals surface area contributed by atoms with E-state index in [2.05, 4.69) is 10.6 Å². The van der Waals surface area contributed by atoms with Crippen LogP contribution < -0.4 is 10.6 Å².